The van der Waals surface area contributed by atoms with Gasteiger partial charge in [-0.15, -0.1) is 0 Å². The summed E-state index contributed by atoms with van der Waals surface area (Å²) in [5.74, 6) is 1.83. The predicted molar refractivity (Wildman–Crippen MR) is 105 cm³/mol. The normalized spacial score (nSPS) is 14.8. The average molecular weight is 371 g/mol. The minimum absolute atomic E-state index is 0.0773. The van der Waals surface area contributed by atoms with Crippen LogP contribution in [-0.2, 0) is 6.54 Å². The quantitative estimate of drug-likeness (QED) is 0.641. The molecule has 1 heterocycles. The Morgan fingerprint density at radius 1 is 1.23 bits per heavy atom. The van der Waals surface area contributed by atoms with Gasteiger partial charge in [-0.3, -0.25) is 19.8 Å². The Hall–Kier alpha value is -2.38. The number of para-hydroxylation sites is 1. The third-order valence-electron chi connectivity index (χ3n) is 4.36. The highest BCUT2D eigenvalue weighted by Crippen LogP contribution is 2.24. The number of carbonyl (C=O) groups is 1. The summed E-state index contributed by atoms with van der Waals surface area (Å²) in [6.07, 6.45) is 0. The molecule has 6 nitrogen and oxygen atoms in total. The van der Waals surface area contributed by atoms with E-state index in [1.807, 2.05) is 30.0 Å². The summed E-state index contributed by atoms with van der Waals surface area (Å²) < 4.78 is 0. The number of nitrogens with one attached hydrogen (secondary N) is 1. The third kappa shape index (κ3) is 4.42. The summed E-state index contributed by atoms with van der Waals surface area (Å²) in [6, 6.07) is 12.4. The van der Waals surface area contributed by atoms with Gasteiger partial charge in [0.05, 0.1) is 4.92 Å². The molecular formula is C19H21N3O3S. The summed E-state index contributed by atoms with van der Waals surface area (Å²) in [4.78, 5) is 25.7. The summed E-state index contributed by atoms with van der Waals surface area (Å²) in [5, 5.41) is 14.1. The van der Waals surface area contributed by atoms with Crippen LogP contribution in [0.2, 0.25) is 0 Å². The van der Waals surface area contributed by atoms with Crippen molar-refractivity contribution >= 4 is 29.0 Å². The number of nitro benzene ring substituents is 1. The lowest BCUT2D eigenvalue weighted by atomic mass is 10.1. The Kier molecular flexibility index (Phi) is 5.90. The van der Waals surface area contributed by atoms with Gasteiger partial charge >= 0.3 is 0 Å². The molecule has 0 aliphatic carbocycles. The molecule has 0 aromatic heterocycles. The van der Waals surface area contributed by atoms with Crippen LogP contribution in [-0.4, -0.2) is 40.3 Å². The molecule has 0 unspecified atom stereocenters. The van der Waals surface area contributed by atoms with Crippen LogP contribution in [0.3, 0.4) is 0 Å². The van der Waals surface area contributed by atoms with Crippen LogP contribution in [0.1, 0.15) is 21.5 Å². The molecule has 1 saturated heterocycles. The predicted octanol–water partition coefficient (Wildman–Crippen LogP) is 3.70. The zero-order valence-electron chi connectivity index (χ0n) is 14.6. The summed E-state index contributed by atoms with van der Waals surface area (Å²) in [7, 11) is 0. The van der Waals surface area contributed by atoms with E-state index < -0.39 is 10.8 Å². The SMILES string of the molecule is Cc1cccc(C(=O)Nc2cccc(CN3CCSCC3)c2)c1[N+](=O)[O-]. The van der Waals surface area contributed by atoms with Crippen molar-refractivity contribution in [2.24, 2.45) is 0 Å². The van der Waals surface area contributed by atoms with E-state index in [9.17, 15) is 14.9 Å². The van der Waals surface area contributed by atoms with E-state index in [4.69, 9.17) is 0 Å². The molecule has 1 fully saturated rings. The number of carbonyl (C=O) groups excluding carboxylic acids is 1. The Balaban J connectivity index is 1.75. The van der Waals surface area contributed by atoms with Crippen molar-refractivity contribution in [3.8, 4) is 0 Å². The highest BCUT2D eigenvalue weighted by Gasteiger charge is 2.22. The van der Waals surface area contributed by atoms with E-state index in [-0.39, 0.29) is 11.3 Å². The second-order valence-corrected chi connectivity index (χ2v) is 7.50. The van der Waals surface area contributed by atoms with Crippen molar-refractivity contribution in [1.29, 1.82) is 0 Å². The fourth-order valence-electron chi connectivity index (χ4n) is 3.05. The molecule has 7 heteroatoms. The van der Waals surface area contributed by atoms with Crippen LogP contribution < -0.4 is 5.32 Å². The number of thioether (sulfide) groups is 1. The zero-order valence-corrected chi connectivity index (χ0v) is 15.4. The van der Waals surface area contributed by atoms with E-state index >= 15 is 0 Å². The molecule has 0 atom stereocenters. The topological polar surface area (TPSA) is 75.5 Å². The van der Waals surface area contributed by atoms with Gasteiger partial charge in [0, 0.05) is 42.4 Å². The van der Waals surface area contributed by atoms with E-state index in [0.717, 1.165) is 36.7 Å². The number of nitro groups is 1. The first kappa shape index (κ1) is 18.4. The Labute approximate surface area is 156 Å². The minimum Gasteiger partial charge on any atom is -0.322 e. The highest BCUT2D eigenvalue weighted by molar-refractivity contribution is 7.99. The molecule has 1 aliphatic rings. The number of hydrogen-bond donors (Lipinski definition) is 1. The maximum atomic E-state index is 12.6. The van der Waals surface area contributed by atoms with Crippen LogP contribution in [0.4, 0.5) is 11.4 Å². The Morgan fingerprint density at radius 3 is 2.69 bits per heavy atom. The summed E-state index contributed by atoms with van der Waals surface area (Å²) in [5.41, 5.74) is 2.17. The number of nitrogens with zero attached hydrogens (tertiary/aromatic N) is 2. The molecule has 2 aromatic rings. The van der Waals surface area contributed by atoms with Gasteiger partial charge < -0.3 is 5.32 Å². The highest BCUT2D eigenvalue weighted by atomic mass is 32.2. The molecule has 1 aliphatic heterocycles. The van der Waals surface area contributed by atoms with Gasteiger partial charge in [-0.2, -0.15) is 11.8 Å². The largest absolute Gasteiger partial charge is 0.322 e. The zero-order chi connectivity index (χ0) is 18.5. The lowest BCUT2D eigenvalue weighted by molar-refractivity contribution is -0.385. The molecular weight excluding hydrogens is 350 g/mol. The second kappa shape index (κ2) is 8.33. The first-order chi connectivity index (χ1) is 12.5. The van der Waals surface area contributed by atoms with Crippen molar-refractivity contribution < 1.29 is 9.72 Å². The number of amides is 1. The number of anilines is 1. The molecule has 1 amide bonds. The smallest absolute Gasteiger partial charge is 0.285 e. The fourth-order valence-corrected chi connectivity index (χ4v) is 4.03. The number of aryl methyl sites for hydroxylation is 1. The Bertz CT molecular complexity index is 819. The molecule has 0 saturated carbocycles. The molecule has 26 heavy (non-hydrogen) atoms. The first-order valence-corrected chi connectivity index (χ1v) is 9.64. The van der Waals surface area contributed by atoms with Gasteiger partial charge in [0.2, 0.25) is 0 Å². The van der Waals surface area contributed by atoms with Gasteiger partial charge in [0.1, 0.15) is 5.56 Å². The van der Waals surface area contributed by atoms with E-state index in [1.54, 1.807) is 25.1 Å². The van der Waals surface area contributed by atoms with Crippen molar-refractivity contribution in [2.45, 2.75) is 13.5 Å². The molecule has 136 valence electrons. The fraction of sp³-hybridized carbons (Fsp3) is 0.316. The molecule has 3 rings (SSSR count). The third-order valence-corrected chi connectivity index (χ3v) is 5.30. The standard InChI is InChI=1S/C19H21N3O3S/c1-14-4-2-7-17(18(14)22(24)25)19(23)20-16-6-3-5-15(12-16)13-21-8-10-26-11-9-21/h2-7,12H,8-11,13H2,1H3,(H,20,23). The van der Waals surface area contributed by atoms with Gasteiger partial charge in [-0.25, -0.2) is 0 Å². The number of rotatable bonds is 5. The van der Waals surface area contributed by atoms with Crippen LogP contribution in [0.15, 0.2) is 42.5 Å². The molecule has 2 aromatic carbocycles. The van der Waals surface area contributed by atoms with Gasteiger partial charge in [0.25, 0.3) is 11.6 Å². The van der Waals surface area contributed by atoms with Crippen molar-refractivity contribution in [1.82, 2.24) is 4.90 Å². The van der Waals surface area contributed by atoms with Gasteiger partial charge in [0.15, 0.2) is 0 Å². The van der Waals surface area contributed by atoms with Crippen molar-refractivity contribution in [3.05, 3.63) is 69.3 Å². The molecule has 0 radical (unpaired) electrons. The van der Waals surface area contributed by atoms with Crippen molar-refractivity contribution in [2.75, 3.05) is 29.9 Å². The van der Waals surface area contributed by atoms with Crippen LogP contribution in [0.5, 0.6) is 0 Å². The van der Waals surface area contributed by atoms with E-state index in [0.29, 0.717) is 11.3 Å². The summed E-state index contributed by atoms with van der Waals surface area (Å²) in [6.45, 7) is 4.61. The lowest BCUT2D eigenvalue weighted by Crippen LogP contribution is -2.31. The van der Waals surface area contributed by atoms with Crippen LogP contribution in [0, 0.1) is 17.0 Å². The van der Waals surface area contributed by atoms with Crippen LogP contribution >= 0.6 is 11.8 Å². The van der Waals surface area contributed by atoms with Gasteiger partial charge in [-0.1, -0.05) is 24.3 Å². The number of hydrogen-bond acceptors (Lipinski definition) is 5. The molecule has 0 bridgehead atoms. The molecule has 1 N–H and O–H groups in total. The van der Waals surface area contributed by atoms with E-state index in [2.05, 4.69) is 10.2 Å². The summed E-state index contributed by atoms with van der Waals surface area (Å²) >= 11 is 1.97. The minimum atomic E-state index is -0.505. The number of benzene rings is 2. The maximum absolute atomic E-state index is 12.6. The molecule has 0 spiro atoms. The van der Waals surface area contributed by atoms with E-state index in [1.165, 1.54) is 6.07 Å². The average Bonchev–Trinajstić information content (AvgIpc) is 2.62. The first-order valence-electron chi connectivity index (χ1n) is 8.49. The maximum Gasteiger partial charge on any atom is 0.285 e. The second-order valence-electron chi connectivity index (χ2n) is 6.27. The van der Waals surface area contributed by atoms with Crippen molar-refractivity contribution in [3.63, 3.8) is 0 Å². The lowest BCUT2D eigenvalue weighted by Gasteiger charge is -2.26. The monoisotopic (exact) mass is 371 g/mol. The Morgan fingerprint density at radius 2 is 1.96 bits per heavy atom. The van der Waals surface area contributed by atoms with Gasteiger partial charge in [-0.05, 0) is 30.7 Å². The van der Waals surface area contributed by atoms with Crippen LogP contribution in [0.25, 0.3) is 0 Å².